The predicted octanol–water partition coefficient (Wildman–Crippen LogP) is 4.11. The third-order valence-electron chi connectivity index (χ3n) is 4.17. The van der Waals surface area contributed by atoms with Gasteiger partial charge in [0.15, 0.2) is 0 Å². The SMILES string of the molecule is O=C(CCOc1ccccc1)N1CCN(c2cc(Cl)cc(Cl)c2)CC1. The summed E-state index contributed by atoms with van der Waals surface area (Å²) in [6.07, 6.45) is 0.387. The molecule has 3 rings (SSSR count). The quantitative estimate of drug-likeness (QED) is 0.784. The fraction of sp³-hybridized carbons (Fsp3) is 0.316. The Hall–Kier alpha value is -1.91. The van der Waals surface area contributed by atoms with Crippen LogP contribution in [-0.2, 0) is 4.79 Å². The lowest BCUT2D eigenvalue weighted by molar-refractivity contribution is -0.132. The standard InChI is InChI=1S/C19H20Cl2N2O2/c20-15-12-16(21)14-17(13-15)22-7-9-23(10-8-22)19(24)6-11-25-18-4-2-1-3-5-18/h1-5,12-14H,6-11H2. The lowest BCUT2D eigenvalue weighted by Gasteiger charge is -2.36. The van der Waals surface area contributed by atoms with Gasteiger partial charge in [-0.15, -0.1) is 0 Å². The molecule has 6 heteroatoms. The first-order valence-corrected chi connectivity index (χ1v) is 9.04. The highest BCUT2D eigenvalue weighted by atomic mass is 35.5. The van der Waals surface area contributed by atoms with Crippen LogP contribution in [0.3, 0.4) is 0 Å². The molecule has 0 saturated carbocycles. The molecular weight excluding hydrogens is 359 g/mol. The van der Waals surface area contributed by atoms with Crippen molar-refractivity contribution in [3.63, 3.8) is 0 Å². The second kappa shape index (κ2) is 8.45. The van der Waals surface area contributed by atoms with Gasteiger partial charge < -0.3 is 14.5 Å². The third kappa shape index (κ3) is 5.03. The van der Waals surface area contributed by atoms with Crippen molar-refractivity contribution in [1.29, 1.82) is 0 Å². The lowest BCUT2D eigenvalue weighted by atomic mass is 10.2. The van der Waals surface area contributed by atoms with Crippen LogP contribution in [0.15, 0.2) is 48.5 Å². The van der Waals surface area contributed by atoms with Gasteiger partial charge in [0.05, 0.1) is 13.0 Å². The number of para-hydroxylation sites is 1. The number of anilines is 1. The minimum atomic E-state index is 0.125. The van der Waals surface area contributed by atoms with Crippen molar-refractivity contribution < 1.29 is 9.53 Å². The lowest BCUT2D eigenvalue weighted by Crippen LogP contribution is -2.49. The Bertz CT molecular complexity index is 696. The van der Waals surface area contributed by atoms with Gasteiger partial charge in [0, 0.05) is 41.9 Å². The minimum Gasteiger partial charge on any atom is -0.493 e. The number of halogens is 2. The topological polar surface area (TPSA) is 32.8 Å². The van der Waals surface area contributed by atoms with Gasteiger partial charge in [-0.3, -0.25) is 4.79 Å². The van der Waals surface area contributed by atoms with Gasteiger partial charge in [-0.05, 0) is 30.3 Å². The molecule has 1 aliphatic rings. The van der Waals surface area contributed by atoms with Crippen molar-refractivity contribution in [3.05, 3.63) is 58.6 Å². The van der Waals surface area contributed by atoms with E-state index in [-0.39, 0.29) is 5.91 Å². The molecule has 132 valence electrons. The summed E-state index contributed by atoms with van der Waals surface area (Å²) in [6.45, 7) is 3.31. The first-order valence-electron chi connectivity index (χ1n) is 8.28. The third-order valence-corrected chi connectivity index (χ3v) is 4.61. The molecule has 25 heavy (non-hydrogen) atoms. The highest BCUT2D eigenvalue weighted by Gasteiger charge is 2.21. The van der Waals surface area contributed by atoms with Crippen LogP contribution in [0.4, 0.5) is 5.69 Å². The number of carbonyl (C=O) groups excluding carboxylic acids is 1. The van der Waals surface area contributed by atoms with Crippen LogP contribution in [0.25, 0.3) is 0 Å². The number of piperazine rings is 1. The number of hydrogen-bond donors (Lipinski definition) is 0. The van der Waals surface area contributed by atoms with E-state index in [1.165, 1.54) is 0 Å². The van der Waals surface area contributed by atoms with E-state index in [4.69, 9.17) is 27.9 Å². The zero-order valence-electron chi connectivity index (χ0n) is 13.8. The Labute approximate surface area is 157 Å². The number of benzene rings is 2. The maximum atomic E-state index is 12.3. The maximum absolute atomic E-state index is 12.3. The van der Waals surface area contributed by atoms with Gasteiger partial charge in [-0.2, -0.15) is 0 Å². The van der Waals surface area contributed by atoms with E-state index in [2.05, 4.69) is 4.90 Å². The maximum Gasteiger partial charge on any atom is 0.226 e. The van der Waals surface area contributed by atoms with E-state index in [0.717, 1.165) is 24.5 Å². The van der Waals surface area contributed by atoms with Gasteiger partial charge in [0.2, 0.25) is 5.91 Å². The molecule has 1 saturated heterocycles. The number of rotatable bonds is 5. The second-order valence-corrected chi connectivity index (χ2v) is 6.78. The average molecular weight is 379 g/mol. The molecule has 0 atom stereocenters. The summed E-state index contributed by atoms with van der Waals surface area (Å²) in [4.78, 5) is 16.4. The molecule has 1 amide bonds. The van der Waals surface area contributed by atoms with E-state index in [0.29, 0.717) is 36.2 Å². The summed E-state index contributed by atoms with van der Waals surface area (Å²) >= 11 is 12.1. The van der Waals surface area contributed by atoms with Gasteiger partial charge >= 0.3 is 0 Å². The van der Waals surface area contributed by atoms with Gasteiger partial charge in [-0.25, -0.2) is 0 Å². The molecule has 2 aromatic carbocycles. The van der Waals surface area contributed by atoms with E-state index in [1.54, 1.807) is 6.07 Å². The van der Waals surface area contributed by atoms with E-state index >= 15 is 0 Å². The zero-order valence-corrected chi connectivity index (χ0v) is 15.3. The van der Waals surface area contributed by atoms with Crippen LogP contribution in [0.1, 0.15) is 6.42 Å². The average Bonchev–Trinajstić information content (AvgIpc) is 2.62. The molecule has 0 aromatic heterocycles. The van der Waals surface area contributed by atoms with E-state index in [9.17, 15) is 4.79 Å². The van der Waals surface area contributed by atoms with Crippen LogP contribution in [0.2, 0.25) is 10.0 Å². The monoisotopic (exact) mass is 378 g/mol. The molecule has 0 aliphatic carbocycles. The van der Waals surface area contributed by atoms with Crippen LogP contribution in [-0.4, -0.2) is 43.6 Å². The molecule has 4 nitrogen and oxygen atoms in total. The molecule has 0 radical (unpaired) electrons. The summed E-state index contributed by atoms with van der Waals surface area (Å²) in [5, 5.41) is 1.25. The second-order valence-electron chi connectivity index (χ2n) is 5.91. The van der Waals surface area contributed by atoms with Crippen molar-refractivity contribution in [2.75, 3.05) is 37.7 Å². The molecule has 1 aliphatic heterocycles. The van der Waals surface area contributed by atoms with Crippen LogP contribution >= 0.6 is 23.2 Å². The van der Waals surface area contributed by atoms with Crippen molar-refractivity contribution in [2.24, 2.45) is 0 Å². The van der Waals surface area contributed by atoms with E-state index in [1.807, 2.05) is 47.4 Å². The highest BCUT2D eigenvalue weighted by Crippen LogP contribution is 2.26. The Morgan fingerprint density at radius 2 is 1.60 bits per heavy atom. The number of nitrogens with zero attached hydrogens (tertiary/aromatic N) is 2. The number of hydrogen-bond acceptors (Lipinski definition) is 3. The van der Waals surface area contributed by atoms with Gasteiger partial charge in [0.25, 0.3) is 0 Å². The van der Waals surface area contributed by atoms with Crippen molar-refractivity contribution in [3.8, 4) is 5.75 Å². The molecule has 0 N–H and O–H groups in total. The van der Waals surface area contributed by atoms with Crippen LogP contribution in [0, 0.1) is 0 Å². The smallest absolute Gasteiger partial charge is 0.226 e. The number of carbonyl (C=O) groups is 1. The largest absolute Gasteiger partial charge is 0.493 e. The summed E-state index contributed by atoms with van der Waals surface area (Å²) < 4.78 is 5.60. The fourth-order valence-corrected chi connectivity index (χ4v) is 3.38. The Kier molecular flexibility index (Phi) is 6.05. The van der Waals surface area contributed by atoms with E-state index < -0.39 is 0 Å². The highest BCUT2D eigenvalue weighted by molar-refractivity contribution is 6.35. The first kappa shape index (κ1) is 17.9. The number of ether oxygens (including phenoxy) is 1. The summed E-state index contributed by atoms with van der Waals surface area (Å²) in [5.74, 6) is 0.915. The normalized spacial score (nSPS) is 14.5. The van der Waals surface area contributed by atoms with Crippen LogP contribution < -0.4 is 9.64 Å². The molecule has 1 fully saturated rings. The summed E-state index contributed by atoms with van der Waals surface area (Å²) in [7, 11) is 0. The Morgan fingerprint density at radius 1 is 0.960 bits per heavy atom. The molecule has 0 bridgehead atoms. The minimum absolute atomic E-state index is 0.125. The molecular formula is C19H20Cl2N2O2. The molecule has 0 spiro atoms. The van der Waals surface area contributed by atoms with Crippen molar-refractivity contribution in [1.82, 2.24) is 4.90 Å². The van der Waals surface area contributed by atoms with Gasteiger partial charge in [-0.1, -0.05) is 41.4 Å². The van der Waals surface area contributed by atoms with Crippen molar-refractivity contribution in [2.45, 2.75) is 6.42 Å². The summed E-state index contributed by atoms with van der Waals surface area (Å²) in [6, 6.07) is 15.1. The molecule has 2 aromatic rings. The van der Waals surface area contributed by atoms with Gasteiger partial charge in [0.1, 0.15) is 5.75 Å². The van der Waals surface area contributed by atoms with Crippen LogP contribution in [0.5, 0.6) is 5.75 Å². The fourth-order valence-electron chi connectivity index (χ4n) is 2.87. The van der Waals surface area contributed by atoms with Crippen molar-refractivity contribution >= 4 is 34.8 Å². The summed E-state index contributed by atoms with van der Waals surface area (Å²) in [5.41, 5.74) is 0.997. The first-order chi connectivity index (χ1) is 12.1. The molecule has 0 unspecified atom stereocenters. The number of amides is 1. The Balaban J connectivity index is 1.46. The zero-order chi connectivity index (χ0) is 17.6. The molecule has 1 heterocycles. The predicted molar refractivity (Wildman–Crippen MR) is 102 cm³/mol. The Morgan fingerprint density at radius 3 is 2.24 bits per heavy atom.